The summed E-state index contributed by atoms with van der Waals surface area (Å²) in [5.74, 6) is -0.771. The average Bonchev–Trinajstić information content (AvgIpc) is 3.19. The van der Waals surface area contributed by atoms with Gasteiger partial charge in [0.1, 0.15) is 5.82 Å². The third-order valence-electron chi connectivity index (χ3n) is 6.49. The van der Waals surface area contributed by atoms with Gasteiger partial charge in [0.2, 0.25) is 11.8 Å². The lowest BCUT2D eigenvalue weighted by Gasteiger charge is -2.40. The van der Waals surface area contributed by atoms with E-state index in [1.807, 2.05) is 9.80 Å². The maximum absolute atomic E-state index is 14.0. The minimum atomic E-state index is -0.524. The predicted octanol–water partition coefficient (Wildman–Crippen LogP) is 2.29. The molecule has 1 aromatic rings. The minimum Gasteiger partial charge on any atom is -0.342 e. The number of amides is 3. The van der Waals surface area contributed by atoms with Crippen LogP contribution in [0.3, 0.4) is 0 Å². The Labute approximate surface area is 170 Å². The van der Waals surface area contributed by atoms with Gasteiger partial charge < -0.3 is 14.7 Å². The van der Waals surface area contributed by atoms with Crippen molar-refractivity contribution in [3.05, 3.63) is 35.6 Å². The number of carbonyl (C=O) groups excluding carboxylic acids is 3. The maximum atomic E-state index is 14.0. The Morgan fingerprint density at radius 3 is 2.38 bits per heavy atom. The zero-order valence-corrected chi connectivity index (χ0v) is 16.7. The van der Waals surface area contributed by atoms with Crippen molar-refractivity contribution in [3.63, 3.8) is 0 Å². The number of hydrogen-bond acceptors (Lipinski definition) is 3. The Bertz CT molecular complexity index is 791. The van der Waals surface area contributed by atoms with Crippen LogP contribution in [0.2, 0.25) is 0 Å². The van der Waals surface area contributed by atoms with E-state index in [0.29, 0.717) is 32.6 Å². The summed E-state index contributed by atoms with van der Waals surface area (Å²) >= 11 is 0. The van der Waals surface area contributed by atoms with E-state index in [1.54, 1.807) is 17.0 Å². The van der Waals surface area contributed by atoms with Crippen molar-refractivity contribution in [3.8, 4) is 0 Å². The van der Waals surface area contributed by atoms with Crippen LogP contribution in [0.15, 0.2) is 24.3 Å². The number of likely N-dealkylation sites (tertiary alicyclic amines) is 3. The Kier molecular flexibility index (Phi) is 5.83. The molecule has 0 saturated carbocycles. The maximum Gasteiger partial charge on any atom is 0.256 e. The topological polar surface area (TPSA) is 60.9 Å². The average molecular weight is 401 g/mol. The molecule has 0 N–H and O–H groups in total. The number of rotatable bonds is 3. The standard InChI is InChI=1S/C22H28FN3O3/c23-19-7-2-1-6-18(19)22(29)25-11-3-5-16(15-25)21(28)24-13-9-17(10-14-24)26-12-4-8-20(26)27/h1-2,6-7,16-17H,3-5,8-15H2. The van der Waals surface area contributed by atoms with Crippen LogP contribution in [0.5, 0.6) is 0 Å². The Morgan fingerprint density at radius 2 is 1.69 bits per heavy atom. The van der Waals surface area contributed by atoms with Crippen LogP contribution in [-0.4, -0.2) is 71.2 Å². The van der Waals surface area contributed by atoms with Gasteiger partial charge in [-0.25, -0.2) is 4.39 Å². The van der Waals surface area contributed by atoms with Crippen molar-refractivity contribution in [1.29, 1.82) is 0 Å². The van der Waals surface area contributed by atoms with Gasteiger partial charge in [0.15, 0.2) is 0 Å². The Hall–Kier alpha value is -2.44. The monoisotopic (exact) mass is 401 g/mol. The number of benzene rings is 1. The van der Waals surface area contributed by atoms with E-state index in [0.717, 1.165) is 38.6 Å². The Morgan fingerprint density at radius 1 is 0.931 bits per heavy atom. The first-order valence-electron chi connectivity index (χ1n) is 10.7. The van der Waals surface area contributed by atoms with Gasteiger partial charge in [0.25, 0.3) is 5.91 Å². The van der Waals surface area contributed by atoms with Crippen LogP contribution in [0.4, 0.5) is 4.39 Å². The van der Waals surface area contributed by atoms with Crippen molar-refractivity contribution in [2.75, 3.05) is 32.7 Å². The van der Waals surface area contributed by atoms with E-state index in [-0.39, 0.29) is 35.2 Å². The molecule has 3 amide bonds. The quantitative estimate of drug-likeness (QED) is 0.781. The highest BCUT2D eigenvalue weighted by molar-refractivity contribution is 5.95. The fourth-order valence-corrected chi connectivity index (χ4v) is 4.88. The van der Waals surface area contributed by atoms with Gasteiger partial charge in [0.05, 0.1) is 11.5 Å². The zero-order valence-electron chi connectivity index (χ0n) is 16.7. The van der Waals surface area contributed by atoms with Crippen molar-refractivity contribution >= 4 is 17.7 Å². The van der Waals surface area contributed by atoms with Gasteiger partial charge in [0, 0.05) is 45.2 Å². The van der Waals surface area contributed by atoms with Crippen LogP contribution >= 0.6 is 0 Å². The van der Waals surface area contributed by atoms with Crippen molar-refractivity contribution < 1.29 is 18.8 Å². The van der Waals surface area contributed by atoms with Gasteiger partial charge in [-0.15, -0.1) is 0 Å². The molecule has 3 heterocycles. The molecule has 3 aliphatic rings. The van der Waals surface area contributed by atoms with Gasteiger partial charge in [-0.3, -0.25) is 14.4 Å². The third-order valence-corrected chi connectivity index (χ3v) is 6.49. The summed E-state index contributed by atoms with van der Waals surface area (Å²) in [4.78, 5) is 43.2. The summed E-state index contributed by atoms with van der Waals surface area (Å²) in [6, 6.07) is 6.24. The molecule has 0 aromatic heterocycles. The summed E-state index contributed by atoms with van der Waals surface area (Å²) in [7, 11) is 0. The van der Waals surface area contributed by atoms with Crippen LogP contribution < -0.4 is 0 Å². The molecule has 3 saturated heterocycles. The molecule has 7 heteroatoms. The van der Waals surface area contributed by atoms with Gasteiger partial charge in [-0.1, -0.05) is 12.1 Å². The van der Waals surface area contributed by atoms with E-state index in [1.165, 1.54) is 12.1 Å². The fraction of sp³-hybridized carbons (Fsp3) is 0.591. The third kappa shape index (κ3) is 4.14. The molecule has 1 unspecified atom stereocenters. The van der Waals surface area contributed by atoms with Crippen LogP contribution in [0.1, 0.15) is 48.9 Å². The van der Waals surface area contributed by atoms with Gasteiger partial charge in [-0.2, -0.15) is 0 Å². The molecule has 6 nitrogen and oxygen atoms in total. The van der Waals surface area contributed by atoms with Crippen LogP contribution in [-0.2, 0) is 9.59 Å². The summed E-state index contributed by atoms with van der Waals surface area (Å²) in [5.41, 5.74) is 0.0664. The molecule has 0 spiro atoms. The van der Waals surface area contributed by atoms with Crippen molar-refractivity contribution in [2.24, 2.45) is 5.92 Å². The molecule has 3 aliphatic heterocycles. The molecule has 3 fully saturated rings. The lowest BCUT2D eigenvalue weighted by molar-refractivity contribution is -0.139. The fourth-order valence-electron chi connectivity index (χ4n) is 4.88. The summed E-state index contributed by atoms with van der Waals surface area (Å²) < 4.78 is 14.0. The van der Waals surface area contributed by atoms with Crippen molar-refractivity contribution in [2.45, 2.75) is 44.6 Å². The number of halogens is 1. The molecule has 1 atom stereocenters. The Balaban J connectivity index is 1.34. The van der Waals surface area contributed by atoms with Crippen LogP contribution in [0, 0.1) is 11.7 Å². The zero-order chi connectivity index (χ0) is 20.4. The highest BCUT2D eigenvalue weighted by Gasteiger charge is 2.36. The molecule has 29 heavy (non-hydrogen) atoms. The van der Waals surface area contributed by atoms with Gasteiger partial charge >= 0.3 is 0 Å². The summed E-state index contributed by atoms with van der Waals surface area (Å²) in [6.07, 6.45) is 4.73. The summed E-state index contributed by atoms with van der Waals surface area (Å²) in [5, 5.41) is 0. The first-order valence-corrected chi connectivity index (χ1v) is 10.7. The molecule has 0 bridgehead atoms. The van der Waals surface area contributed by atoms with Crippen LogP contribution in [0.25, 0.3) is 0 Å². The second-order valence-corrected chi connectivity index (χ2v) is 8.32. The lowest BCUT2D eigenvalue weighted by atomic mass is 9.94. The first kappa shape index (κ1) is 19.9. The van der Waals surface area contributed by atoms with E-state index in [2.05, 4.69) is 0 Å². The molecule has 0 radical (unpaired) electrons. The highest BCUT2D eigenvalue weighted by atomic mass is 19.1. The predicted molar refractivity (Wildman–Crippen MR) is 106 cm³/mol. The SMILES string of the molecule is O=C(c1ccccc1F)N1CCCC(C(=O)N2CCC(N3CCCC3=O)CC2)C1. The molecule has 1 aromatic carbocycles. The number of piperidine rings is 2. The smallest absolute Gasteiger partial charge is 0.256 e. The highest BCUT2D eigenvalue weighted by Crippen LogP contribution is 2.26. The second kappa shape index (κ2) is 8.51. The number of hydrogen-bond donors (Lipinski definition) is 0. The molecular formula is C22H28FN3O3. The van der Waals surface area contributed by atoms with Gasteiger partial charge in [-0.05, 0) is 44.2 Å². The lowest BCUT2D eigenvalue weighted by Crippen LogP contribution is -2.51. The van der Waals surface area contributed by atoms with E-state index < -0.39 is 5.82 Å². The molecule has 0 aliphatic carbocycles. The second-order valence-electron chi connectivity index (χ2n) is 8.32. The van der Waals surface area contributed by atoms with E-state index in [9.17, 15) is 18.8 Å². The first-order chi connectivity index (χ1) is 14.0. The summed E-state index contributed by atoms with van der Waals surface area (Å²) in [6.45, 7) is 3.05. The number of carbonyl (C=O) groups is 3. The molecular weight excluding hydrogens is 373 g/mol. The molecule has 4 rings (SSSR count). The van der Waals surface area contributed by atoms with E-state index >= 15 is 0 Å². The van der Waals surface area contributed by atoms with E-state index in [4.69, 9.17) is 0 Å². The largest absolute Gasteiger partial charge is 0.342 e. The number of nitrogens with zero attached hydrogens (tertiary/aromatic N) is 3. The normalized spacial score (nSPS) is 23.6. The minimum absolute atomic E-state index is 0.0664. The molecule has 156 valence electrons. The van der Waals surface area contributed by atoms with Crippen molar-refractivity contribution in [1.82, 2.24) is 14.7 Å².